The number of nitrogens with zero attached hydrogens (tertiary/aromatic N) is 1. The van der Waals surface area contributed by atoms with Crippen LogP contribution >= 0.6 is 0 Å². The number of carbonyl (C=O) groups is 1. The fraction of sp³-hybridized carbons (Fsp3) is 0. The minimum absolute atomic E-state index is 0.519. The Morgan fingerprint density at radius 1 is 1.38 bits per heavy atom. The quantitative estimate of drug-likeness (QED) is 0.718. The van der Waals surface area contributed by atoms with Crippen LogP contribution in [0.1, 0.15) is 15.9 Å². The largest absolute Gasteiger partial charge is 0.478 e. The normalized spacial score (nSPS) is 9.31. The van der Waals surface area contributed by atoms with Crippen LogP contribution < -0.4 is 0 Å². The van der Waals surface area contributed by atoms with E-state index in [0.717, 1.165) is 0 Å². The van der Waals surface area contributed by atoms with Gasteiger partial charge < -0.3 is 5.11 Å². The Morgan fingerprint density at radius 3 is 2.15 bits per heavy atom. The summed E-state index contributed by atoms with van der Waals surface area (Å²) in [7, 11) is 0. The second-order valence-corrected chi connectivity index (χ2v) is 2.23. The molecule has 66 valence electrons. The first kappa shape index (κ1) is 9.13. The van der Waals surface area contributed by atoms with Crippen LogP contribution in [0.5, 0.6) is 0 Å². The Kier molecular flexibility index (Phi) is 2.24. The van der Waals surface area contributed by atoms with E-state index in [1.807, 2.05) is 0 Å². The molecule has 0 saturated carbocycles. The molecule has 0 amide bonds. The van der Waals surface area contributed by atoms with Crippen LogP contribution in [0.15, 0.2) is 12.1 Å². The van der Waals surface area contributed by atoms with Crippen molar-refractivity contribution in [2.75, 3.05) is 0 Å². The molecule has 0 atom stereocenters. The van der Waals surface area contributed by atoms with Crippen molar-refractivity contribution in [2.45, 2.75) is 0 Å². The average molecular weight is 183 g/mol. The third-order valence-corrected chi connectivity index (χ3v) is 1.40. The summed E-state index contributed by atoms with van der Waals surface area (Å²) in [5.74, 6) is -3.78. The second-order valence-electron chi connectivity index (χ2n) is 2.23. The molecule has 0 spiro atoms. The van der Waals surface area contributed by atoms with Gasteiger partial charge in [0.25, 0.3) is 0 Å². The summed E-state index contributed by atoms with van der Waals surface area (Å²) in [6.07, 6.45) is 0. The number of hydrogen-bond acceptors (Lipinski definition) is 2. The molecule has 0 aromatic heterocycles. The highest BCUT2D eigenvalue weighted by Gasteiger charge is 2.13. The van der Waals surface area contributed by atoms with Crippen LogP contribution in [-0.2, 0) is 0 Å². The number of halogens is 2. The van der Waals surface area contributed by atoms with E-state index in [1.165, 1.54) is 6.07 Å². The van der Waals surface area contributed by atoms with Gasteiger partial charge in [0.2, 0.25) is 0 Å². The molecule has 0 unspecified atom stereocenters. The molecule has 0 aliphatic carbocycles. The monoisotopic (exact) mass is 183 g/mol. The van der Waals surface area contributed by atoms with E-state index in [-0.39, 0.29) is 0 Å². The van der Waals surface area contributed by atoms with Crippen molar-refractivity contribution in [3.8, 4) is 6.07 Å². The maximum absolute atomic E-state index is 12.7. The van der Waals surface area contributed by atoms with Gasteiger partial charge in [-0.25, -0.2) is 13.6 Å². The van der Waals surface area contributed by atoms with E-state index < -0.39 is 28.7 Å². The van der Waals surface area contributed by atoms with Crippen molar-refractivity contribution in [3.63, 3.8) is 0 Å². The van der Waals surface area contributed by atoms with Crippen molar-refractivity contribution in [3.05, 3.63) is 34.9 Å². The number of carboxylic acid groups (broad SMARTS) is 1. The van der Waals surface area contributed by atoms with Crippen LogP contribution in [0, 0.1) is 23.0 Å². The molecule has 0 saturated heterocycles. The minimum atomic E-state index is -1.44. The molecule has 0 aliphatic rings. The van der Waals surface area contributed by atoms with Crippen LogP contribution in [0.25, 0.3) is 0 Å². The van der Waals surface area contributed by atoms with E-state index in [0.29, 0.717) is 12.1 Å². The molecule has 0 bridgehead atoms. The van der Waals surface area contributed by atoms with Gasteiger partial charge in [-0.15, -0.1) is 0 Å². The first-order valence-electron chi connectivity index (χ1n) is 3.18. The van der Waals surface area contributed by atoms with E-state index in [2.05, 4.69) is 0 Å². The summed E-state index contributed by atoms with van der Waals surface area (Å²) < 4.78 is 25.5. The lowest BCUT2D eigenvalue weighted by atomic mass is 10.1. The molecule has 1 aromatic carbocycles. The number of carboxylic acids is 1. The molecule has 0 heterocycles. The molecule has 0 fully saturated rings. The van der Waals surface area contributed by atoms with E-state index in [9.17, 15) is 13.6 Å². The highest BCUT2D eigenvalue weighted by atomic mass is 19.1. The van der Waals surface area contributed by atoms with Gasteiger partial charge in [0.15, 0.2) is 0 Å². The third kappa shape index (κ3) is 1.62. The SMILES string of the molecule is N#Cc1c(F)cc(C(=O)O)cc1F. The number of hydrogen-bond donors (Lipinski definition) is 1. The summed E-state index contributed by atoms with van der Waals surface area (Å²) in [5.41, 5.74) is -1.29. The number of nitriles is 1. The van der Waals surface area contributed by atoms with Gasteiger partial charge >= 0.3 is 5.97 Å². The van der Waals surface area contributed by atoms with Gasteiger partial charge in [-0.2, -0.15) is 5.26 Å². The molecular formula is C8H3F2NO2. The zero-order valence-corrected chi connectivity index (χ0v) is 6.21. The summed E-state index contributed by atoms with van der Waals surface area (Å²) in [6.45, 7) is 0. The predicted octanol–water partition coefficient (Wildman–Crippen LogP) is 1.53. The zero-order valence-electron chi connectivity index (χ0n) is 6.21. The summed E-state index contributed by atoms with van der Waals surface area (Å²) in [6, 6.07) is 2.49. The fourth-order valence-corrected chi connectivity index (χ4v) is 0.803. The smallest absolute Gasteiger partial charge is 0.335 e. The lowest BCUT2D eigenvalue weighted by Crippen LogP contribution is -2.00. The molecule has 1 aromatic rings. The molecule has 1 rings (SSSR count). The van der Waals surface area contributed by atoms with Gasteiger partial charge in [0, 0.05) is 0 Å². The maximum atomic E-state index is 12.7. The van der Waals surface area contributed by atoms with E-state index >= 15 is 0 Å². The first-order chi connectivity index (χ1) is 6.06. The van der Waals surface area contributed by atoms with Gasteiger partial charge in [-0.3, -0.25) is 0 Å². The fourth-order valence-electron chi connectivity index (χ4n) is 0.803. The Hall–Kier alpha value is -1.96. The Labute approximate surface area is 71.8 Å². The standard InChI is InChI=1S/C8H3F2NO2/c9-6-1-4(8(12)13)2-7(10)5(6)3-11/h1-2H,(H,12,13). The summed E-state index contributed by atoms with van der Waals surface area (Å²) in [4.78, 5) is 10.3. The topological polar surface area (TPSA) is 61.1 Å². The van der Waals surface area contributed by atoms with Crippen LogP contribution in [0.2, 0.25) is 0 Å². The molecule has 0 aliphatic heterocycles. The Balaban J connectivity index is 3.39. The van der Waals surface area contributed by atoms with Crippen molar-refractivity contribution in [2.24, 2.45) is 0 Å². The summed E-state index contributed by atoms with van der Waals surface area (Å²) in [5, 5.41) is 16.6. The van der Waals surface area contributed by atoms with Crippen LogP contribution in [0.3, 0.4) is 0 Å². The van der Waals surface area contributed by atoms with Crippen molar-refractivity contribution in [1.29, 1.82) is 5.26 Å². The lowest BCUT2D eigenvalue weighted by molar-refractivity contribution is 0.0695. The highest BCUT2D eigenvalue weighted by Crippen LogP contribution is 2.14. The second kappa shape index (κ2) is 3.19. The van der Waals surface area contributed by atoms with E-state index in [4.69, 9.17) is 10.4 Å². The van der Waals surface area contributed by atoms with Crippen molar-refractivity contribution in [1.82, 2.24) is 0 Å². The molecule has 5 heteroatoms. The van der Waals surface area contributed by atoms with Gasteiger partial charge in [-0.1, -0.05) is 0 Å². The first-order valence-corrected chi connectivity index (χ1v) is 3.18. The van der Waals surface area contributed by atoms with Gasteiger partial charge in [0.05, 0.1) is 5.56 Å². The molecular weight excluding hydrogens is 180 g/mol. The molecule has 1 N–H and O–H groups in total. The predicted molar refractivity (Wildman–Crippen MR) is 38.0 cm³/mol. The third-order valence-electron chi connectivity index (χ3n) is 1.40. The maximum Gasteiger partial charge on any atom is 0.335 e. The van der Waals surface area contributed by atoms with E-state index in [1.54, 1.807) is 0 Å². The highest BCUT2D eigenvalue weighted by molar-refractivity contribution is 5.87. The lowest BCUT2D eigenvalue weighted by Gasteiger charge is -1.97. The van der Waals surface area contributed by atoms with Crippen molar-refractivity contribution >= 4 is 5.97 Å². The minimum Gasteiger partial charge on any atom is -0.478 e. The zero-order chi connectivity index (χ0) is 10.0. The molecule has 3 nitrogen and oxygen atoms in total. The van der Waals surface area contributed by atoms with Crippen LogP contribution in [-0.4, -0.2) is 11.1 Å². The molecule has 13 heavy (non-hydrogen) atoms. The number of aromatic carboxylic acids is 1. The Morgan fingerprint density at radius 2 is 1.85 bits per heavy atom. The Bertz CT molecular complexity index is 386. The van der Waals surface area contributed by atoms with Gasteiger partial charge in [-0.05, 0) is 12.1 Å². The number of benzene rings is 1. The average Bonchev–Trinajstić information content (AvgIpc) is 2.03. The number of rotatable bonds is 1. The van der Waals surface area contributed by atoms with Crippen LogP contribution in [0.4, 0.5) is 8.78 Å². The molecule has 0 radical (unpaired) electrons. The summed E-state index contributed by atoms with van der Waals surface area (Å²) >= 11 is 0. The van der Waals surface area contributed by atoms with Crippen molar-refractivity contribution < 1.29 is 18.7 Å². The van der Waals surface area contributed by atoms with Gasteiger partial charge in [0.1, 0.15) is 23.3 Å².